The van der Waals surface area contributed by atoms with E-state index in [1.807, 2.05) is 0 Å². The first-order valence-corrected chi connectivity index (χ1v) is 26.7. The predicted molar refractivity (Wildman–Crippen MR) is 265 cm³/mol. The molecule has 0 amide bonds. The van der Waals surface area contributed by atoms with Crippen LogP contribution in [0.15, 0.2) is 48.6 Å². The number of rotatable bonds is 48. The molecule has 0 aromatic rings. The number of hydrogen-bond acceptors (Lipinski definition) is 6. The summed E-state index contributed by atoms with van der Waals surface area (Å²) < 4.78 is 16.8. The van der Waals surface area contributed by atoms with E-state index < -0.39 is 6.10 Å². The highest BCUT2D eigenvalue weighted by Crippen LogP contribution is 2.15. The van der Waals surface area contributed by atoms with Crippen LogP contribution in [0, 0.1) is 0 Å². The molecule has 0 radical (unpaired) electrons. The fourth-order valence-electron chi connectivity index (χ4n) is 7.56. The lowest BCUT2D eigenvalue weighted by molar-refractivity contribution is -0.167. The van der Waals surface area contributed by atoms with Gasteiger partial charge in [-0.3, -0.25) is 14.4 Å². The van der Waals surface area contributed by atoms with E-state index in [2.05, 4.69) is 69.4 Å². The fraction of sp³-hybridized carbons (Fsp3) is 0.804. The Morgan fingerprint density at radius 3 is 0.952 bits per heavy atom. The maximum absolute atomic E-state index is 12.8. The highest BCUT2D eigenvalue weighted by Gasteiger charge is 2.19. The van der Waals surface area contributed by atoms with Crippen molar-refractivity contribution in [2.24, 2.45) is 0 Å². The van der Waals surface area contributed by atoms with Crippen LogP contribution >= 0.6 is 0 Å². The second kappa shape index (κ2) is 51.0. The lowest BCUT2D eigenvalue weighted by Crippen LogP contribution is -2.30. The van der Waals surface area contributed by atoms with Gasteiger partial charge >= 0.3 is 17.9 Å². The van der Waals surface area contributed by atoms with E-state index in [-0.39, 0.29) is 31.1 Å². The second-order valence-electron chi connectivity index (χ2n) is 17.8. The van der Waals surface area contributed by atoms with Crippen molar-refractivity contribution >= 4 is 17.9 Å². The monoisotopic (exact) mass is 869 g/mol. The Morgan fingerprint density at radius 2 is 0.597 bits per heavy atom. The topological polar surface area (TPSA) is 78.9 Å². The number of esters is 3. The Morgan fingerprint density at radius 1 is 0.323 bits per heavy atom. The number of carbonyl (C=O) groups excluding carboxylic acids is 3. The Kier molecular flexibility index (Phi) is 48.8. The van der Waals surface area contributed by atoms with Crippen LogP contribution in [0.25, 0.3) is 0 Å². The molecule has 6 nitrogen and oxygen atoms in total. The van der Waals surface area contributed by atoms with Crippen LogP contribution in [-0.4, -0.2) is 37.2 Å². The van der Waals surface area contributed by atoms with Crippen molar-refractivity contribution < 1.29 is 28.6 Å². The van der Waals surface area contributed by atoms with Gasteiger partial charge in [-0.25, -0.2) is 0 Å². The normalized spacial score (nSPS) is 12.4. The van der Waals surface area contributed by atoms with Crippen LogP contribution in [0.4, 0.5) is 0 Å². The summed E-state index contributed by atoms with van der Waals surface area (Å²) in [6.45, 7) is 6.60. The SMILES string of the molecule is CCCCCC/C=C\CCCCCCCCCC(=O)OC(COC(=O)CCCCCCC\C=C/C=C\C=C/CCCCCCC)COC(=O)CCCCCCCCCCCCC. The third-order valence-corrected chi connectivity index (χ3v) is 11.6. The minimum absolute atomic E-state index is 0.0793. The molecule has 0 heterocycles. The summed E-state index contributed by atoms with van der Waals surface area (Å²) in [7, 11) is 0. The largest absolute Gasteiger partial charge is 0.462 e. The van der Waals surface area contributed by atoms with Gasteiger partial charge in [-0.15, -0.1) is 0 Å². The molecule has 0 aromatic carbocycles. The van der Waals surface area contributed by atoms with Gasteiger partial charge in [0.1, 0.15) is 13.2 Å². The van der Waals surface area contributed by atoms with Gasteiger partial charge in [0.05, 0.1) is 0 Å². The molecule has 1 unspecified atom stereocenters. The molecule has 1 atom stereocenters. The van der Waals surface area contributed by atoms with Gasteiger partial charge in [0.2, 0.25) is 0 Å². The van der Waals surface area contributed by atoms with Gasteiger partial charge in [0.25, 0.3) is 0 Å². The number of allylic oxidation sites excluding steroid dienone is 8. The first kappa shape index (κ1) is 59.4. The molecule has 0 aliphatic heterocycles. The molecule has 0 N–H and O–H groups in total. The molecule has 62 heavy (non-hydrogen) atoms. The molecule has 0 fully saturated rings. The Hall–Kier alpha value is -2.63. The molecule has 0 saturated heterocycles. The number of ether oxygens (including phenoxy) is 3. The maximum atomic E-state index is 12.8. The Labute approximate surface area is 384 Å². The van der Waals surface area contributed by atoms with Crippen molar-refractivity contribution in [1.29, 1.82) is 0 Å². The number of unbranched alkanes of at least 4 members (excludes halogenated alkanes) is 31. The fourth-order valence-corrected chi connectivity index (χ4v) is 7.56. The van der Waals surface area contributed by atoms with E-state index in [1.165, 1.54) is 154 Å². The summed E-state index contributed by atoms with van der Waals surface area (Å²) in [5, 5.41) is 0. The molecule has 0 spiro atoms. The van der Waals surface area contributed by atoms with Gasteiger partial charge in [0, 0.05) is 19.3 Å². The van der Waals surface area contributed by atoms with Crippen molar-refractivity contribution in [3.05, 3.63) is 48.6 Å². The van der Waals surface area contributed by atoms with Gasteiger partial charge < -0.3 is 14.2 Å². The van der Waals surface area contributed by atoms with E-state index in [0.29, 0.717) is 19.3 Å². The first-order chi connectivity index (χ1) is 30.5. The Balaban J connectivity index is 4.39. The molecule has 0 rings (SSSR count). The van der Waals surface area contributed by atoms with Gasteiger partial charge in [-0.05, 0) is 70.6 Å². The molecule has 0 bridgehead atoms. The molecule has 0 aromatic heterocycles. The van der Waals surface area contributed by atoms with Crippen molar-refractivity contribution in [3.8, 4) is 0 Å². The molecule has 6 heteroatoms. The molecular weight excluding hydrogens is 769 g/mol. The minimum atomic E-state index is -0.780. The molecular formula is C56H100O6. The average Bonchev–Trinajstić information content (AvgIpc) is 3.27. The van der Waals surface area contributed by atoms with Gasteiger partial charge in [0.15, 0.2) is 6.10 Å². The quantitative estimate of drug-likeness (QED) is 0.0199. The van der Waals surface area contributed by atoms with E-state index in [9.17, 15) is 14.4 Å². The summed E-state index contributed by atoms with van der Waals surface area (Å²) >= 11 is 0. The lowest BCUT2D eigenvalue weighted by atomic mass is 10.1. The zero-order valence-electron chi connectivity index (χ0n) is 41.1. The zero-order chi connectivity index (χ0) is 45.1. The smallest absolute Gasteiger partial charge is 0.306 e. The van der Waals surface area contributed by atoms with E-state index >= 15 is 0 Å². The molecule has 0 aliphatic rings. The van der Waals surface area contributed by atoms with Crippen LogP contribution in [0.1, 0.15) is 271 Å². The van der Waals surface area contributed by atoms with E-state index in [4.69, 9.17) is 14.2 Å². The van der Waals surface area contributed by atoms with Crippen molar-refractivity contribution in [2.45, 2.75) is 277 Å². The summed E-state index contributed by atoms with van der Waals surface area (Å²) in [6, 6.07) is 0. The lowest BCUT2D eigenvalue weighted by Gasteiger charge is -2.18. The van der Waals surface area contributed by atoms with Gasteiger partial charge in [-0.2, -0.15) is 0 Å². The molecule has 0 aliphatic carbocycles. The number of hydrogen-bond donors (Lipinski definition) is 0. The van der Waals surface area contributed by atoms with Crippen molar-refractivity contribution in [1.82, 2.24) is 0 Å². The van der Waals surface area contributed by atoms with E-state index in [1.54, 1.807) is 0 Å². The first-order valence-electron chi connectivity index (χ1n) is 26.7. The minimum Gasteiger partial charge on any atom is -0.462 e. The molecule has 360 valence electrons. The summed E-state index contributed by atoms with van der Waals surface area (Å²) in [6.07, 6.45) is 60.9. The van der Waals surface area contributed by atoms with Crippen LogP contribution in [0.2, 0.25) is 0 Å². The third-order valence-electron chi connectivity index (χ3n) is 11.6. The van der Waals surface area contributed by atoms with Crippen molar-refractivity contribution in [3.63, 3.8) is 0 Å². The number of carbonyl (C=O) groups is 3. The highest BCUT2D eigenvalue weighted by molar-refractivity contribution is 5.71. The van der Waals surface area contributed by atoms with Crippen LogP contribution in [-0.2, 0) is 28.6 Å². The second-order valence-corrected chi connectivity index (χ2v) is 17.8. The van der Waals surface area contributed by atoms with Crippen LogP contribution in [0.5, 0.6) is 0 Å². The van der Waals surface area contributed by atoms with Crippen molar-refractivity contribution in [2.75, 3.05) is 13.2 Å². The highest BCUT2D eigenvalue weighted by atomic mass is 16.6. The summed E-state index contributed by atoms with van der Waals surface area (Å²) in [4.78, 5) is 38.0. The third kappa shape index (κ3) is 48.4. The average molecular weight is 869 g/mol. The maximum Gasteiger partial charge on any atom is 0.306 e. The van der Waals surface area contributed by atoms with Gasteiger partial charge in [-0.1, -0.05) is 230 Å². The predicted octanol–water partition coefficient (Wildman–Crippen LogP) is 17.5. The zero-order valence-corrected chi connectivity index (χ0v) is 41.1. The Bertz CT molecular complexity index is 1090. The van der Waals surface area contributed by atoms with Crippen LogP contribution in [0.3, 0.4) is 0 Å². The standard InChI is InChI=1S/C56H100O6/c1-4-7-10-13-16-19-22-24-26-27-28-30-31-34-37-40-43-46-49-55(58)61-52-53(51-60-54(57)48-45-42-39-36-33-21-18-15-12-9-6-3)62-56(59)50-47-44-41-38-35-32-29-25-23-20-17-14-11-8-5-2/h20,22-24,26-28,30,53H,4-19,21,25,29,31-52H2,1-3H3/b23-20-,24-22-,27-26-,30-28-. The van der Waals surface area contributed by atoms with Crippen LogP contribution < -0.4 is 0 Å². The van der Waals surface area contributed by atoms with E-state index in [0.717, 1.165) is 77.0 Å². The summed E-state index contributed by atoms with van der Waals surface area (Å²) in [5.41, 5.74) is 0. The summed E-state index contributed by atoms with van der Waals surface area (Å²) in [5.74, 6) is -0.896. The molecule has 0 saturated carbocycles.